The van der Waals surface area contributed by atoms with E-state index in [0.717, 1.165) is 19.4 Å². The molecule has 1 unspecified atom stereocenters. The maximum atomic E-state index is 10.6. The van der Waals surface area contributed by atoms with Gasteiger partial charge in [-0.3, -0.25) is 5.01 Å². The van der Waals surface area contributed by atoms with Crippen molar-refractivity contribution in [3.05, 3.63) is 40.3 Å². The SMILES string of the molecule is Cc1ccccc1C1CCCN1N=O. The second-order valence-electron chi connectivity index (χ2n) is 3.76. The van der Waals surface area contributed by atoms with Gasteiger partial charge in [-0.2, -0.15) is 0 Å². The number of rotatable bonds is 2. The first-order chi connectivity index (χ1) is 6.83. The molecule has 1 aromatic rings. The lowest BCUT2D eigenvalue weighted by Crippen LogP contribution is -2.16. The lowest BCUT2D eigenvalue weighted by Gasteiger charge is -2.19. The Bertz CT molecular complexity index is 338. The standard InChI is InChI=1S/C11H14N2O/c1-9-5-2-3-6-10(9)11-7-4-8-13(11)12-14/h2-3,5-6,11H,4,7-8H2,1H3. The van der Waals surface area contributed by atoms with Crippen LogP contribution in [-0.4, -0.2) is 11.6 Å². The molecule has 1 fully saturated rings. The van der Waals surface area contributed by atoms with E-state index in [1.54, 1.807) is 5.01 Å². The fourth-order valence-corrected chi connectivity index (χ4v) is 2.13. The van der Waals surface area contributed by atoms with Gasteiger partial charge >= 0.3 is 0 Å². The largest absolute Gasteiger partial charge is 0.253 e. The third-order valence-corrected chi connectivity index (χ3v) is 2.88. The number of nitroso groups, excluding NO2 is 1. The number of hydrogen-bond donors (Lipinski definition) is 0. The van der Waals surface area contributed by atoms with Crippen molar-refractivity contribution < 1.29 is 0 Å². The molecule has 0 saturated carbocycles. The molecule has 0 aliphatic carbocycles. The number of benzene rings is 1. The van der Waals surface area contributed by atoms with E-state index in [9.17, 15) is 4.91 Å². The predicted molar refractivity (Wildman–Crippen MR) is 55.7 cm³/mol. The average Bonchev–Trinajstić information content (AvgIpc) is 2.66. The second-order valence-corrected chi connectivity index (χ2v) is 3.76. The molecule has 0 N–H and O–H groups in total. The van der Waals surface area contributed by atoms with Gasteiger partial charge in [-0.05, 0) is 30.9 Å². The van der Waals surface area contributed by atoms with Crippen molar-refractivity contribution in [1.29, 1.82) is 0 Å². The van der Waals surface area contributed by atoms with Crippen LogP contribution < -0.4 is 0 Å². The molecule has 1 aliphatic rings. The Morgan fingerprint density at radius 3 is 2.93 bits per heavy atom. The minimum atomic E-state index is 0.202. The Labute approximate surface area is 83.7 Å². The first-order valence-corrected chi connectivity index (χ1v) is 4.98. The Kier molecular flexibility index (Phi) is 2.48. The highest BCUT2D eigenvalue weighted by Gasteiger charge is 2.26. The average molecular weight is 190 g/mol. The maximum Gasteiger partial charge on any atom is 0.0755 e. The Morgan fingerprint density at radius 1 is 1.43 bits per heavy atom. The summed E-state index contributed by atoms with van der Waals surface area (Å²) in [5.41, 5.74) is 2.48. The van der Waals surface area contributed by atoms with Gasteiger partial charge in [-0.25, -0.2) is 0 Å². The molecule has 0 aromatic heterocycles. The van der Waals surface area contributed by atoms with Gasteiger partial charge in [0, 0.05) is 6.54 Å². The molecule has 1 aliphatic heterocycles. The zero-order valence-corrected chi connectivity index (χ0v) is 8.31. The Balaban J connectivity index is 2.30. The number of aryl methyl sites for hydroxylation is 1. The smallest absolute Gasteiger partial charge is 0.0755 e. The van der Waals surface area contributed by atoms with Crippen molar-refractivity contribution in [1.82, 2.24) is 5.01 Å². The summed E-state index contributed by atoms with van der Waals surface area (Å²) in [6, 6.07) is 8.41. The van der Waals surface area contributed by atoms with Crippen molar-refractivity contribution in [2.75, 3.05) is 6.54 Å². The summed E-state index contributed by atoms with van der Waals surface area (Å²) in [5, 5.41) is 4.72. The van der Waals surface area contributed by atoms with Gasteiger partial charge in [0.2, 0.25) is 0 Å². The van der Waals surface area contributed by atoms with Crippen LogP contribution in [0.15, 0.2) is 29.6 Å². The monoisotopic (exact) mass is 190 g/mol. The molecule has 14 heavy (non-hydrogen) atoms. The highest BCUT2D eigenvalue weighted by atomic mass is 16.3. The number of hydrogen-bond acceptors (Lipinski definition) is 2. The third kappa shape index (κ3) is 1.50. The van der Waals surface area contributed by atoms with E-state index in [1.807, 2.05) is 12.1 Å². The lowest BCUT2D eigenvalue weighted by atomic mass is 10.0. The summed E-state index contributed by atoms with van der Waals surface area (Å²) in [6.45, 7) is 2.87. The van der Waals surface area contributed by atoms with Crippen LogP contribution in [0.3, 0.4) is 0 Å². The topological polar surface area (TPSA) is 32.7 Å². The van der Waals surface area contributed by atoms with Gasteiger partial charge in [0.05, 0.1) is 11.3 Å². The molecule has 1 aromatic carbocycles. The molecule has 0 bridgehead atoms. The molecule has 0 amide bonds. The van der Waals surface area contributed by atoms with Crippen LogP contribution in [-0.2, 0) is 0 Å². The van der Waals surface area contributed by atoms with Gasteiger partial charge in [0.1, 0.15) is 0 Å². The summed E-state index contributed by atoms with van der Waals surface area (Å²) in [6.07, 6.45) is 2.10. The second kappa shape index (κ2) is 3.78. The van der Waals surface area contributed by atoms with Gasteiger partial charge < -0.3 is 0 Å². The van der Waals surface area contributed by atoms with E-state index in [4.69, 9.17) is 0 Å². The predicted octanol–water partition coefficient (Wildman–Crippen LogP) is 2.81. The minimum Gasteiger partial charge on any atom is -0.253 e. The lowest BCUT2D eigenvalue weighted by molar-refractivity contribution is 0.266. The summed E-state index contributed by atoms with van der Waals surface area (Å²) < 4.78 is 0. The van der Waals surface area contributed by atoms with Crippen LogP contribution in [0.5, 0.6) is 0 Å². The summed E-state index contributed by atoms with van der Waals surface area (Å²) in [5.74, 6) is 0. The van der Waals surface area contributed by atoms with E-state index < -0.39 is 0 Å². The fraction of sp³-hybridized carbons (Fsp3) is 0.455. The summed E-state index contributed by atoms with van der Waals surface area (Å²) in [7, 11) is 0. The molecule has 1 atom stereocenters. The quantitative estimate of drug-likeness (QED) is 0.672. The molecule has 0 radical (unpaired) electrons. The van der Waals surface area contributed by atoms with Gasteiger partial charge in [0.25, 0.3) is 0 Å². The van der Waals surface area contributed by atoms with Crippen LogP contribution in [0.1, 0.15) is 30.0 Å². The molecule has 0 spiro atoms. The molecular formula is C11H14N2O. The van der Waals surface area contributed by atoms with E-state index >= 15 is 0 Å². The highest BCUT2D eigenvalue weighted by molar-refractivity contribution is 5.29. The van der Waals surface area contributed by atoms with Crippen molar-refractivity contribution >= 4 is 0 Å². The van der Waals surface area contributed by atoms with Crippen LogP contribution in [0, 0.1) is 11.8 Å². The third-order valence-electron chi connectivity index (χ3n) is 2.88. The van der Waals surface area contributed by atoms with Gasteiger partial charge in [-0.1, -0.05) is 24.3 Å². The first-order valence-electron chi connectivity index (χ1n) is 4.98. The first kappa shape index (κ1) is 9.19. The summed E-state index contributed by atoms with van der Waals surface area (Å²) >= 11 is 0. The van der Waals surface area contributed by atoms with Crippen LogP contribution in [0.25, 0.3) is 0 Å². The fourth-order valence-electron chi connectivity index (χ4n) is 2.13. The molecule has 74 valence electrons. The minimum absolute atomic E-state index is 0.202. The van der Waals surface area contributed by atoms with Gasteiger partial charge in [0.15, 0.2) is 0 Å². The highest BCUT2D eigenvalue weighted by Crippen LogP contribution is 2.33. The zero-order valence-electron chi connectivity index (χ0n) is 8.31. The van der Waals surface area contributed by atoms with Crippen molar-refractivity contribution in [3.8, 4) is 0 Å². The Morgan fingerprint density at radius 2 is 2.21 bits per heavy atom. The van der Waals surface area contributed by atoms with Crippen LogP contribution in [0.2, 0.25) is 0 Å². The Hall–Kier alpha value is -1.38. The molecular weight excluding hydrogens is 176 g/mol. The van der Waals surface area contributed by atoms with E-state index in [-0.39, 0.29) is 6.04 Å². The molecule has 1 heterocycles. The van der Waals surface area contributed by atoms with Crippen LogP contribution in [0.4, 0.5) is 0 Å². The normalized spacial score (nSPS) is 21.2. The number of nitrogens with zero attached hydrogens (tertiary/aromatic N) is 2. The van der Waals surface area contributed by atoms with E-state index in [2.05, 4.69) is 24.3 Å². The molecule has 3 nitrogen and oxygen atoms in total. The van der Waals surface area contributed by atoms with Crippen molar-refractivity contribution in [2.24, 2.45) is 5.29 Å². The maximum absolute atomic E-state index is 10.6. The van der Waals surface area contributed by atoms with E-state index in [0.29, 0.717) is 0 Å². The molecule has 3 heteroatoms. The van der Waals surface area contributed by atoms with Crippen molar-refractivity contribution in [2.45, 2.75) is 25.8 Å². The van der Waals surface area contributed by atoms with Crippen LogP contribution >= 0.6 is 0 Å². The molecule has 2 rings (SSSR count). The van der Waals surface area contributed by atoms with Crippen molar-refractivity contribution in [3.63, 3.8) is 0 Å². The molecule has 1 saturated heterocycles. The summed E-state index contributed by atoms with van der Waals surface area (Å²) in [4.78, 5) is 10.6. The zero-order chi connectivity index (χ0) is 9.97. The van der Waals surface area contributed by atoms with Gasteiger partial charge in [-0.15, -0.1) is 4.91 Å². The van der Waals surface area contributed by atoms with E-state index in [1.165, 1.54) is 11.1 Å².